The van der Waals surface area contributed by atoms with Gasteiger partial charge in [0, 0.05) is 77.0 Å². The summed E-state index contributed by atoms with van der Waals surface area (Å²) in [7, 11) is -1.41. The number of aliphatic hydroxyl groups is 1. The van der Waals surface area contributed by atoms with Crippen LogP contribution in [-0.4, -0.2) is 111 Å². The van der Waals surface area contributed by atoms with Crippen molar-refractivity contribution in [3.63, 3.8) is 0 Å². The SMILES string of the molecule is COc1ccc2c(c1)CCN(C1CCN(C(=O)CN3C=C(c4cccc(F)c4Cl)C(O)N(CCS(C)(=N)=O)C3=O)CC1)C(=O)N2. The Kier molecular flexibility index (Phi) is 9.56. The number of fused-ring (bicyclic) bond motifs is 1. The van der Waals surface area contributed by atoms with Crippen LogP contribution in [0.2, 0.25) is 5.02 Å². The van der Waals surface area contributed by atoms with Gasteiger partial charge < -0.3 is 25.0 Å². The van der Waals surface area contributed by atoms with Crippen LogP contribution in [-0.2, 0) is 20.9 Å². The second kappa shape index (κ2) is 13.2. The Morgan fingerprint density at radius 1 is 1.20 bits per heavy atom. The van der Waals surface area contributed by atoms with E-state index in [-0.39, 0.29) is 53.0 Å². The van der Waals surface area contributed by atoms with E-state index in [0.717, 1.165) is 32.9 Å². The Labute approximate surface area is 266 Å². The number of nitrogens with zero attached hydrogens (tertiary/aromatic N) is 4. The van der Waals surface area contributed by atoms with Gasteiger partial charge in [-0.3, -0.25) is 23.6 Å². The number of likely N-dealkylation sites (tertiary alicyclic amines) is 1. The highest BCUT2D eigenvalue weighted by molar-refractivity contribution is 7.91. The molecule has 2 unspecified atom stereocenters. The molecule has 0 saturated carbocycles. The third-order valence-electron chi connectivity index (χ3n) is 8.34. The molecular formula is C30H36ClFN6O6S. The number of ether oxygens (including phenoxy) is 1. The van der Waals surface area contributed by atoms with E-state index in [1.807, 2.05) is 12.1 Å². The smallest absolute Gasteiger partial charge is 0.326 e. The first-order chi connectivity index (χ1) is 21.4. The van der Waals surface area contributed by atoms with Crippen molar-refractivity contribution < 1.29 is 32.8 Å². The van der Waals surface area contributed by atoms with Crippen LogP contribution in [0.5, 0.6) is 5.75 Å². The number of piperidine rings is 1. The fraction of sp³-hybridized carbons (Fsp3) is 0.433. The predicted molar refractivity (Wildman–Crippen MR) is 168 cm³/mol. The molecule has 0 spiro atoms. The number of anilines is 1. The highest BCUT2D eigenvalue weighted by Gasteiger charge is 2.38. The van der Waals surface area contributed by atoms with Gasteiger partial charge in [0.1, 0.15) is 18.1 Å². The lowest BCUT2D eigenvalue weighted by molar-refractivity contribution is -0.133. The zero-order chi connectivity index (χ0) is 32.5. The van der Waals surface area contributed by atoms with Gasteiger partial charge in [-0.2, -0.15) is 0 Å². The quantitative estimate of drug-likeness (QED) is 0.393. The molecule has 1 saturated heterocycles. The van der Waals surface area contributed by atoms with Gasteiger partial charge in [0.25, 0.3) is 0 Å². The molecule has 0 radical (unpaired) electrons. The van der Waals surface area contributed by atoms with Crippen molar-refractivity contribution in [3.05, 3.63) is 64.6 Å². The van der Waals surface area contributed by atoms with Crippen molar-refractivity contribution in [1.29, 1.82) is 4.78 Å². The van der Waals surface area contributed by atoms with Gasteiger partial charge in [-0.15, -0.1) is 0 Å². The summed E-state index contributed by atoms with van der Waals surface area (Å²) in [6.07, 6.45) is 2.70. The van der Waals surface area contributed by atoms with Crippen LogP contribution >= 0.6 is 11.6 Å². The maximum absolute atomic E-state index is 14.3. The second-order valence-electron chi connectivity index (χ2n) is 11.4. The van der Waals surface area contributed by atoms with E-state index >= 15 is 0 Å². The number of hydrogen-bond acceptors (Lipinski definition) is 7. The van der Waals surface area contributed by atoms with Gasteiger partial charge in [-0.1, -0.05) is 23.7 Å². The normalized spacial score (nSPS) is 20.6. The number of halogens is 2. The van der Waals surface area contributed by atoms with E-state index in [9.17, 15) is 28.1 Å². The summed E-state index contributed by atoms with van der Waals surface area (Å²) in [4.78, 5) is 45.5. The van der Waals surface area contributed by atoms with Crippen molar-refractivity contribution in [3.8, 4) is 5.75 Å². The van der Waals surface area contributed by atoms with Crippen LogP contribution < -0.4 is 10.1 Å². The van der Waals surface area contributed by atoms with Crippen LogP contribution in [0.4, 0.5) is 19.7 Å². The molecule has 1 fully saturated rings. The summed E-state index contributed by atoms with van der Waals surface area (Å²) in [5, 5.41) is 13.8. The van der Waals surface area contributed by atoms with Gasteiger partial charge in [0.2, 0.25) is 5.91 Å². The third kappa shape index (κ3) is 7.18. The maximum Gasteiger partial charge on any atom is 0.326 e. The number of methoxy groups -OCH3 is 1. The Bertz CT molecular complexity index is 1630. The van der Waals surface area contributed by atoms with Crippen molar-refractivity contribution in [1.82, 2.24) is 19.6 Å². The number of nitrogens with one attached hydrogen (secondary N) is 2. The summed E-state index contributed by atoms with van der Waals surface area (Å²) < 4.78 is 39.4. The number of carbonyl (C=O) groups is 3. The zero-order valence-corrected chi connectivity index (χ0v) is 26.6. The largest absolute Gasteiger partial charge is 0.497 e. The van der Waals surface area contributed by atoms with E-state index in [1.165, 1.54) is 24.6 Å². The average molecular weight is 663 g/mol. The maximum atomic E-state index is 14.3. The van der Waals surface area contributed by atoms with Gasteiger partial charge >= 0.3 is 12.1 Å². The first-order valence-electron chi connectivity index (χ1n) is 14.5. The molecule has 242 valence electrons. The Balaban J connectivity index is 1.27. The summed E-state index contributed by atoms with van der Waals surface area (Å²) >= 11 is 6.20. The molecule has 0 bridgehead atoms. The third-order valence-corrected chi connectivity index (χ3v) is 9.69. The van der Waals surface area contributed by atoms with E-state index in [1.54, 1.807) is 23.0 Å². The molecule has 5 amide bonds. The summed E-state index contributed by atoms with van der Waals surface area (Å²) in [6.45, 7) is 0.654. The molecule has 5 rings (SSSR count). The van der Waals surface area contributed by atoms with E-state index in [4.69, 9.17) is 21.1 Å². The Morgan fingerprint density at radius 2 is 1.93 bits per heavy atom. The number of rotatable bonds is 8. The van der Waals surface area contributed by atoms with E-state index in [0.29, 0.717) is 38.9 Å². The number of urea groups is 2. The monoisotopic (exact) mass is 662 g/mol. The molecule has 0 aliphatic carbocycles. The van der Waals surface area contributed by atoms with Crippen molar-refractivity contribution in [2.75, 3.05) is 57.2 Å². The molecule has 15 heteroatoms. The minimum atomic E-state index is -3.01. The van der Waals surface area contributed by atoms with Gasteiger partial charge in [0.05, 0.1) is 12.1 Å². The molecule has 2 atom stereocenters. The highest BCUT2D eigenvalue weighted by atomic mass is 35.5. The summed E-state index contributed by atoms with van der Waals surface area (Å²) in [5.41, 5.74) is 1.96. The zero-order valence-electron chi connectivity index (χ0n) is 25.0. The van der Waals surface area contributed by atoms with E-state index < -0.39 is 27.8 Å². The van der Waals surface area contributed by atoms with Gasteiger partial charge in [0.15, 0.2) is 6.23 Å². The number of benzene rings is 2. The first-order valence-corrected chi connectivity index (χ1v) is 17.0. The van der Waals surface area contributed by atoms with Crippen molar-refractivity contribution in [2.24, 2.45) is 0 Å². The van der Waals surface area contributed by atoms with Crippen LogP contribution in [0.15, 0.2) is 42.6 Å². The molecule has 3 aliphatic rings. The summed E-state index contributed by atoms with van der Waals surface area (Å²) in [5.74, 6) is -0.562. The molecule has 0 aromatic heterocycles. The minimum absolute atomic E-state index is 0.0806. The number of carbonyl (C=O) groups excluding carboxylic acids is 3. The molecule has 3 N–H and O–H groups in total. The fourth-order valence-corrected chi connectivity index (χ4v) is 6.62. The van der Waals surface area contributed by atoms with Crippen molar-refractivity contribution >= 4 is 50.6 Å². The molecule has 3 heterocycles. The lowest BCUT2D eigenvalue weighted by Crippen LogP contribution is -2.55. The molecular weight excluding hydrogens is 627 g/mol. The number of amides is 5. The topological polar surface area (TPSA) is 147 Å². The van der Waals surface area contributed by atoms with Crippen LogP contribution in [0.1, 0.15) is 24.0 Å². The lowest BCUT2D eigenvalue weighted by atomic mass is 10.0. The summed E-state index contributed by atoms with van der Waals surface area (Å²) in [6, 6.07) is 8.60. The molecule has 12 nitrogen and oxygen atoms in total. The predicted octanol–water partition coefficient (Wildman–Crippen LogP) is 3.64. The Hall–Kier alpha value is -3.88. The lowest BCUT2D eigenvalue weighted by Gasteiger charge is -2.40. The molecule has 2 aromatic rings. The van der Waals surface area contributed by atoms with Crippen LogP contribution in [0.3, 0.4) is 0 Å². The number of aliphatic hydroxyl groups excluding tert-OH is 1. The second-order valence-corrected chi connectivity index (χ2v) is 14.2. The van der Waals surface area contributed by atoms with Crippen LogP contribution in [0, 0.1) is 10.6 Å². The standard InChI is InChI=1S/C30H36ClFN6O6S/c1-44-21-6-7-25-19(16-21)8-13-37(29(41)34-25)20-9-11-35(12-10-20)26(39)18-36-17-23(22-4-3-5-24(32)27(22)31)28(40)38(30(36)42)14-15-45(2,33)43/h3-7,16-17,20,28,33,40H,8-15,18H2,1-2H3,(H,34,41). The van der Waals surface area contributed by atoms with Gasteiger partial charge in [-0.25, -0.2) is 14.0 Å². The van der Waals surface area contributed by atoms with Crippen molar-refractivity contribution in [2.45, 2.75) is 31.5 Å². The molecule has 3 aliphatic heterocycles. The highest BCUT2D eigenvalue weighted by Crippen LogP contribution is 2.33. The minimum Gasteiger partial charge on any atom is -0.497 e. The van der Waals surface area contributed by atoms with Crippen LogP contribution in [0.25, 0.3) is 5.57 Å². The van der Waals surface area contributed by atoms with Gasteiger partial charge in [-0.05, 0) is 49.1 Å². The molecule has 2 aromatic carbocycles. The molecule has 45 heavy (non-hydrogen) atoms. The average Bonchev–Trinajstić information content (AvgIpc) is 3.17. The Morgan fingerprint density at radius 3 is 2.62 bits per heavy atom. The fourth-order valence-electron chi connectivity index (χ4n) is 5.84. The van der Waals surface area contributed by atoms with E-state index in [2.05, 4.69) is 5.32 Å². The number of hydrogen-bond donors (Lipinski definition) is 3. The first kappa shape index (κ1) is 32.5.